The summed E-state index contributed by atoms with van der Waals surface area (Å²) >= 11 is 0. The molecule has 6 rings (SSSR count). The lowest BCUT2D eigenvalue weighted by atomic mass is 9.87. The lowest BCUT2D eigenvalue weighted by Gasteiger charge is -2.36. The van der Waals surface area contributed by atoms with E-state index in [4.69, 9.17) is 4.74 Å². The summed E-state index contributed by atoms with van der Waals surface area (Å²) in [7, 11) is 1.93. The second-order valence-corrected chi connectivity index (χ2v) is 10.5. The number of likely N-dealkylation sites (tertiary alicyclic amines) is 2. The number of fused-ring (bicyclic) bond motifs is 2. The summed E-state index contributed by atoms with van der Waals surface area (Å²) in [6.07, 6.45) is 10.5. The van der Waals surface area contributed by atoms with Crippen molar-refractivity contribution in [1.82, 2.24) is 24.6 Å². The van der Waals surface area contributed by atoms with E-state index < -0.39 is 0 Å². The van der Waals surface area contributed by atoms with Crippen LogP contribution in [0.1, 0.15) is 41.9 Å². The van der Waals surface area contributed by atoms with E-state index in [0.717, 1.165) is 85.0 Å². The van der Waals surface area contributed by atoms with Crippen LogP contribution in [-0.2, 0) is 18.4 Å². The highest BCUT2D eigenvalue weighted by Gasteiger charge is 2.32. The third kappa shape index (κ3) is 4.50. The highest BCUT2D eigenvalue weighted by atomic mass is 16.5. The molecular weight excluding hydrogens is 464 g/mol. The van der Waals surface area contributed by atoms with Crippen molar-refractivity contribution < 1.29 is 9.53 Å². The molecule has 2 saturated heterocycles. The number of amides is 1. The zero-order chi connectivity index (χ0) is 25.5. The van der Waals surface area contributed by atoms with Gasteiger partial charge in [0.2, 0.25) is 5.91 Å². The van der Waals surface area contributed by atoms with E-state index in [0.29, 0.717) is 18.6 Å². The number of piperidine rings is 1. The quantitative estimate of drug-likeness (QED) is 0.538. The van der Waals surface area contributed by atoms with Crippen molar-refractivity contribution in [3.05, 3.63) is 66.1 Å². The monoisotopic (exact) mass is 498 g/mol. The lowest BCUT2D eigenvalue weighted by molar-refractivity contribution is -0.125. The summed E-state index contributed by atoms with van der Waals surface area (Å²) in [5, 5.41) is 7.93. The minimum Gasteiger partial charge on any atom is -0.486 e. The molecule has 1 aromatic carbocycles. The highest BCUT2D eigenvalue weighted by molar-refractivity contribution is 5.87. The molecule has 0 saturated carbocycles. The number of aromatic nitrogens is 3. The topological polar surface area (TPSA) is 75.5 Å². The van der Waals surface area contributed by atoms with Crippen LogP contribution in [-0.4, -0.2) is 62.7 Å². The lowest BCUT2D eigenvalue weighted by Crippen LogP contribution is -2.43. The molecule has 1 atom stereocenters. The Morgan fingerprint density at radius 3 is 2.81 bits per heavy atom. The molecule has 3 aliphatic rings. The summed E-state index contributed by atoms with van der Waals surface area (Å²) in [4.78, 5) is 21.2. The van der Waals surface area contributed by atoms with E-state index in [2.05, 4.69) is 45.9 Å². The van der Waals surface area contributed by atoms with Crippen LogP contribution < -0.4 is 10.1 Å². The number of hydrogen-bond donors (Lipinski definition) is 1. The van der Waals surface area contributed by atoms with E-state index in [1.165, 1.54) is 11.6 Å². The maximum Gasteiger partial charge on any atom is 0.246 e. The molecular formula is C29H34N6O2. The number of hydrogen-bond acceptors (Lipinski definition) is 6. The van der Waals surface area contributed by atoms with Crippen LogP contribution in [0.2, 0.25) is 0 Å². The van der Waals surface area contributed by atoms with Crippen LogP contribution in [0.5, 0.6) is 5.75 Å². The van der Waals surface area contributed by atoms with Crippen LogP contribution in [0.3, 0.4) is 0 Å². The largest absolute Gasteiger partial charge is 0.486 e. The number of aryl methyl sites for hydroxylation is 2. The molecule has 0 unspecified atom stereocenters. The van der Waals surface area contributed by atoms with Gasteiger partial charge in [-0.05, 0) is 80.1 Å². The summed E-state index contributed by atoms with van der Waals surface area (Å²) in [5.41, 5.74) is 6.68. The van der Waals surface area contributed by atoms with Crippen LogP contribution >= 0.6 is 0 Å². The number of nitrogens with zero attached hydrogens (tertiary/aromatic N) is 5. The van der Waals surface area contributed by atoms with E-state index >= 15 is 0 Å². The number of rotatable bonds is 4. The van der Waals surface area contributed by atoms with Gasteiger partial charge in [0, 0.05) is 49.7 Å². The molecule has 8 heteroatoms. The van der Waals surface area contributed by atoms with E-state index in [-0.39, 0.29) is 5.91 Å². The molecule has 0 aliphatic carbocycles. The molecule has 3 aromatic rings. The third-order valence-corrected chi connectivity index (χ3v) is 8.15. The number of carbonyl (C=O) groups excluding carboxylic acids is 1. The van der Waals surface area contributed by atoms with Crippen molar-refractivity contribution in [3.63, 3.8) is 0 Å². The first-order chi connectivity index (χ1) is 18.0. The Morgan fingerprint density at radius 2 is 2.05 bits per heavy atom. The van der Waals surface area contributed by atoms with Crippen LogP contribution in [0.4, 0.5) is 11.5 Å². The van der Waals surface area contributed by atoms with Crippen LogP contribution in [0, 0.1) is 6.92 Å². The van der Waals surface area contributed by atoms with Gasteiger partial charge in [0.05, 0.1) is 11.9 Å². The van der Waals surface area contributed by atoms with Gasteiger partial charge in [-0.3, -0.25) is 14.4 Å². The Morgan fingerprint density at radius 1 is 1.22 bits per heavy atom. The maximum absolute atomic E-state index is 12.0. The van der Waals surface area contributed by atoms with Crippen molar-refractivity contribution in [2.24, 2.45) is 7.05 Å². The SMILES string of the molecule is C=CC(=O)N1CC[C@H](N2CCC(c3cc(C)c4c(c3)Nc3nccc(-c5cnn(C)c5)c3CO4)CC2)C1. The van der Waals surface area contributed by atoms with Crippen molar-refractivity contribution in [1.29, 1.82) is 0 Å². The minimum atomic E-state index is 0.0520. The number of nitrogens with one attached hydrogen (secondary N) is 1. The average molecular weight is 499 g/mol. The molecule has 2 fully saturated rings. The summed E-state index contributed by atoms with van der Waals surface area (Å²) < 4.78 is 8.18. The van der Waals surface area contributed by atoms with Gasteiger partial charge in [-0.25, -0.2) is 4.98 Å². The van der Waals surface area contributed by atoms with E-state index in [1.54, 1.807) is 0 Å². The Balaban J connectivity index is 1.19. The molecule has 0 spiro atoms. The number of ether oxygens (including phenoxy) is 1. The summed E-state index contributed by atoms with van der Waals surface area (Å²) in [6, 6.07) is 7.05. The number of carbonyl (C=O) groups is 1. The van der Waals surface area contributed by atoms with Crippen molar-refractivity contribution >= 4 is 17.4 Å². The average Bonchev–Trinajstić information content (AvgIpc) is 3.53. The predicted molar refractivity (Wildman–Crippen MR) is 144 cm³/mol. The normalized spacial score (nSPS) is 19.9. The molecule has 1 N–H and O–H groups in total. The molecule has 1 amide bonds. The third-order valence-electron chi connectivity index (χ3n) is 8.15. The second-order valence-electron chi connectivity index (χ2n) is 10.5. The number of benzene rings is 1. The highest BCUT2D eigenvalue weighted by Crippen LogP contribution is 2.42. The predicted octanol–water partition coefficient (Wildman–Crippen LogP) is 4.39. The van der Waals surface area contributed by atoms with Crippen molar-refractivity contribution in [3.8, 4) is 16.9 Å². The first-order valence-corrected chi connectivity index (χ1v) is 13.2. The van der Waals surface area contributed by atoms with Gasteiger partial charge < -0.3 is 15.0 Å². The zero-order valence-electron chi connectivity index (χ0n) is 21.6. The fourth-order valence-electron chi connectivity index (χ4n) is 6.14. The Bertz CT molecular complexity index is 1340. The van der Waals surface area contributed by atoms with Crippen LogP contribution in [0.15, 0.2) is 49.4 Å². The Kier molecular flexibility index (Phi) is 6.20. The van der Waals surface area contributed by atoms with Gasteiger partial charge in [-0.2, -0.15) is 5.10 Å². The van der Waals surface area contributed by atoms with Crippen LogP contribution in [0.25, 0.3) is 11.1 Å². The summed E-state index contributed by atoms with van der Waals surface area (Å²) in [5.74, 6) is 2.29. The molecule has 192 valence electrons. The molecule has 3 aliphatic heterocycles. The zero-order valence-corrected chi connectivity index (χ0v) is 21.6. The smallest absolute Gasteiger partial charge is 0.246 e. The van der Waals surface area contributed by atoms with Gasteiger partial charge in [-0.1, -0.05) is 12.6 Å². The first kappa shape index (κ1) is 23.7. The van der Waals surface area contributed by atoms with Gasteiger partial charge in [0.15, 0.2) is 0 Å². The molecule has 0 bridgehead atoms. The van der Waals surface area contributed by atoms with Gasteiger partial charge in [0.1, 0.15) is 18.2 Å². The molecule has 5 heterocycles. The maximum atomic E-state index is 12.0. The van der Waals surface area contributed by atoms with Gasteiger partial charge >= 0.3 is 0 Å². The number of anilines is 2. The molecule has 8 nitrogen and oxygen atoms in total. The van der Waals surface area contributed by atoms with E-state index in [1.807, 2.05) is 41.3 Å². The van der Waals surface area contributed by atoms with Gasteiger partial charge in [-0.15, -0.1) is 0 Å². The standard InChI is InChI=1S/C29H34N6O2/c1-4-27(36)35-12-8-23(17-35)34-10-6-20(7-11-34)21-13-19(2)28-26(14-21)32-29-25(18-37-28)24(5-9-30-29)22-15-31-33(3)16-22/h4-5,9,13-16,20,23H,1,6-8,10-12,17-18H2,2-3H3,(H,30,32)/t23-/m0/s1. The number of pyridine rings is 1. The molecule has 2 aromatic heterocycles. The Hall–Kier alpha value is -3.65. The van der Waals surface area contributed by atoms with Crippen molar-refractivity contribution in [2.45, 2.75) is 44.8 Å². The van der Waals surface area contributed by atoms with Crippen molar-refractivity contribution in [2.75, 3.05) is 31.5 Å². The Labute approximate surface area is 217 Å². The van der Waals surface area contributed by atoms with Gasteiger partial charge in [0.25, 0.3) is 0 Å². The van der Waals surface area contributed by atoms with E-state index in [9.17, 15) is 4.79 Å². The molecule has 37 heavy (non-hydrogen) atoms. The fraction of sp³-hybridized carbons (Fsp3) is 0.414. The fourth-order valence-corrected chi connectivity index (χ4v) is 6.14. The minimum absolute atomic E-state index is 0.0520. The second kappa shape index (κ2) is 9.67. The molecule has 0 radical (unpaired) electrons. The summed E-state index contributed by atoms with van der Waals surface area (Å²) in [6.45, 7) is 10.0. The first-order valence-electron chi connectivity index (χ1n) is 13.2.